The van der Waals surface area contributed by atoms with E-state index in [0.717, 1.165) is 19.6 Å². The molecule has 0 aliphatic carbocycles. The Morgan fingerprint density at radius 1 is 0.833 bits per heavy atom. The van der Waals surface area contributed by atoms with Gasteiger partial charge >= 0.3 is 0 Å². The molecule has 0 aromatic rings. The molecule has 0 saturated heterocycles. The molecule has 0 bridgehead atoms. The maximum absolute atomic E-state index is 5.10. The molecule has 0 aliphatic heterocycles. The predicted octanol–water partition coefficient (Wildman–Crippen LogP) is 3.60. The molecule has 0 rings (SSSR count). The molecular weight excluding hydrogens is 152 g/mol. The lowest BCUT2D eigenvalue weighted by Gasteiger charge is -1.98. The van der Waals surface area contributed by atoms with Crippen LogP contribution in [0.15, 0.2) is 0 Å². The second-order valence-corrected chi connectivity index (χ2v) is 1.61. The van der Waals surface area contributed by atoms with Crippen LogP contribution in [0.3, 0.4) is 0 Å². The molecule has 0 heterocycles. The van der Waals surface area contributed by atoms with E-state index in [-0.39, 0.29) is 29.7 Å². The summed E-state index contributed by atoms with van der Waals surface area (Å²) in [6.07, 6.45) is 1.09. The molecule has 2 heteroatoms. The third-order valence-electron chi connectivity index (χ3n) is 0.780. The van der Waals surface area contributed by atoms with Crippen LogP contribution in [0.2, 0.25) is 0 Å². The van der Waals surface area contributed by atoms with Crippen molar-refractivity contribution in [3.8, 4) is 0 Å². The normalized spacial score (nSPS) is 6.50. The van der Waals surface area contributed by atoms with Gasteiger partial charge in [-0.05, 0) is 6.42 Å². The highest BCUT2D eigenvalue weighted by Gasteiger charge is 1.81. The molecule has 0 radical (unpaired) electrons. The highest BCUT2D eigenvalue weighted by molar-refractivity contribution is 4.26. The summed E-state index contributed by atoms with van der Waals surface area (Å²) < 4.78 is 9.86. The monoisotopic (exact) mass is 182 g/mol. The van der Waals surface area contributed by atoms with Crippen molar-refractivity contribution in [3.63, 3.8) is 0 Å². The van der Waals surface area contributed by atoms with Gasteiger partial charge in [0.2, 0.25) is 0 Å². The van der Waals surface area contributed by atoms with E-state index in [4.69, 9.17) is 9.47 Å². The second-order valence-electron chi connectivity index (χ2n) is 1.61. The van der Waals surface area contributed by atoms with Gasteiger partial charge in [-0.25, -0.2) is 0 Å². The van der Waals surface area contributed by atoms with Crippen molar-refractivity contribution in [2.45, 2.75) is 43.1 Å². The first-order chi connectivity index (χ1) is 3.91. The van der Waals surface area contributed by atoms with Crippen LogP contribution in [-0.4, -0.2) is 26.9 Å². The fourth-order valence-electron chi connectivity index (χ4n) is 0.389. The van der Waals surface area contributed by atoms with Crippen LogP contribution in [0.4, 0.5) is 0 Å². The Labute approximate surface area is 80.3 Å². The van der Waals surface area contributed by atoms with Crippen LogP contribution in [0.5, 0.6) is 0 Å². The summed E-state index contributed by atoms with van der Waals surface area (Å²) in [4.78, 5) is 0. The van der Waals surface area contributed by atoms with Crippen LogP contribution in [0, 0.1) is 0 Å². The van der Waals surface area contributed by atoms with Crippen molar-refractivity contribution >= 4 is 0 Å². The molecule has 2 nitrogen and oxygen atoms in total. The van der Waals surface area contributed by atoms with Gasteiger partial charge < -0.3 is 9.47 Å². The molecule has 82 valence electrons. The van der Waals surface area contributed by atoms with Crippen LogP contribution in [0.25, 0.3) is 0 Å². The molecule has 0 aromatic heterocycles. The Balaban J connectivity index is -0.0000000408. The van der Waals surface area contributed by atoms with Crippen molar-refractivity contribution in [3.05, 3.63) is 0 Å². The van der Waals surface area contributed by atoms with Gasteiger partial charge in [0.25, 0.3) is 0 Å². The largest absolute Gasteiger partial charge is 0.382 e. The Morgan fingerprint density at radius 2 is 1.33 bits per heavy atom. The highest BCUT2D eigenvalue weighted by atomic mass is 16.5. The molecule has 0 spiro atoms. The minimum absolute atomic E-state index is 0. The van der Waals surface area contributed by atoms with Gasteiger partial charge in [-0.3, -0.25) is 0 Å². The van der Waals surface area contributed by atoms with Crippen molar-refractivity contribution < 1.29 is 9.47 Å². The van der Waals surface area contributed by atoms with Gasteiger partial charge in [0.05, 0.1) is 13.2 Å². The zero-order valence-corrected chi connectivity index (χ0v) is 5.64. The first-order valence-corrected chi connectivity index (χ1v) is 2.98. The first kappa shape index (κ1) is 29.7. The molecular formula is C10H30O2. The second kappa shape index (κ2) is 30.7. The Morgan fingerprint density at radius 3 is 1.67 bits per heavy atom. The molecule has 0 atom stereocenters. The summed E-state index contributed by atoms with van der Waals surface area (Å²) in [6.45, 7) is 4.38. The van der Waals surface area contributed by atoms with Crippen molar-refractivity contribution in [1.82, 2.24) is 0 Å². The van der Waals surface area contributed by atoms with Crippen molar-refractivity contribution in [2.24, 2.45) is 0 Å². The summed E-state index contributed by atoms with van der Waals surface area (Å²) in [5.74, 6) is 0. The van der Waals surface area contributed by atoms with Crippen LogP contribution < -0.4 is 0 Å². The Bertz CT molecular complexity index is 32.8. The van der Waals surface area contributed by atoms with E-state index >= 15 is 0 Å². The maximum atomic E-state index is 5.10. The van der Waals surface area contributed by atoms with Gasteiger partial charge in [-0.1, -0.05) is 36.6 Å². The van der Waals surface area contributed by atoms with E-state index in [2.05, 4.69) is 6.92 Å². The average molecular weight is 182 g/mol. The fourth-order valence-corrected chi connectivity index (χ4v) is 0.389. The summed E-state index contributed by atoms with van der Waals surface area (Å²) >= 11 is 0. The highest BCUT2D eigenvalue weighted by Crippen LogP contribution is 1.78. The molecule has 0 saturated carbocycles. The number of hydrogen-bond acceptors (Lipinski definition) is 2. The van der Waals surface area contributed by atoms with E-state index in [1.165, 1.54) is 0 Å². The number of ether oxygens (including phenoxy) is 2. The summed E-state index contributed by atoms with van der Waals surface area (Å²) in [5, 5.41) is 0. The van der Waals surface area contributed by atoms with Crippen LogP contribution in [0.1, 0.15) is 43.1 Å². The first-order valence-electron chi connectivity index (χ1n) is 2.98. The van der Waals surface area contributed by atoms with Gasteiger partial charge in [0, 0.05) is 13.7 Å². The third kappa shape index (κ3) is 32.6. The number of methoxy groups -OCH3 is 1. The summed E-state index contributed by atoms with van der Waals surface area (Å²) in [6, 6.07) is 0. The number of hydrogen-bond donors (Lipinski definition) is 0. The topological polar surface area (TPSA) is 18.5 Å². The van der Waals surface area contributed by atoms with Gasteiger partial charge in [-0.15, -0.1) is 0 Å². The molecule has 12 heavy (non-hydrogen) atoms. The lowest BCUT2D eigenvalue weighted by atomic mass is 10.5. The zero-order chi connectivity index (χ0) is 6.24. The standard InChI is InChI=1S/C6H14O2.4CH4/c1-3-4-8-6-5-7-2;;;;/h3-6H2,1-2H3;4*1H4. The maximum Gasteiger partial charge on any atom is 0.0700 e. The molecule has 0 aromatic carbocycles. The van der Waals surface area contributed by atoms with Gasteiger partial charge in [0.1, 0.15) is 0 Å². The fraction of sp³-hybridized carbons (Fsp3) is 1.00. The molecule has 0 amide bonds. The lowest BCUT2D eigenvalue weighted by molar-refractivity contribution is 0.0710. The van der Waals surface area contributed by atoms with E-state index in [1.54, 1.807) is 7.11 Å². The van der Waals surface area contributed by atoms with E-state index in [0.29, 0.717) is 6.61 Å². The molecule has 0 aliphatic rings. The van der Waals surface area contributed by atoms with Crippen LogP contribution in [-0.2, 0) is 9.47 Å². The zero-order valence-electron chi connectivity index (χ0n) is 5.64. The Kier molecular flexibility index (Phi) is 75.8. The van der Waals surface area contributed by atoms with E-state index < -0.39 is 0 Å². The minimum atomic E-state index is 0. The molecule has 0 unspecified atom stereocenters. The van der Waals surface area contributed by atoms with E-state index in [1.807, 2.05) is 0 Å². The van der Waals surface area contributed by atoms with Crippen molar-refractivity contribution in [1.29, 1.82) is 0 Å². The summed E-state index contributed by atoms with van der Waals surface area (Å²) in [7, 11) is 1.68. The molecule has 0 fully saturated rings. The SMILES string of the molecule is C.C.C.C.CCCOCCOC. The van der Waals surface area contributed by atoms with E-state index in [9.17, 15) is 0 Å². The van der Waals surface area contributed by atoms with Crippen molar-refractivity contribution in [2.75, 3.05) is 26.9 Å². The summed E-state index contributed by atoms with van der Waals surface area (Å²) in [5.41, 5.74) is 0. The van der Waals surface area contributed by atoms with Crippen LogP contribution >= 0.6 is 0 Å². The predicted molar refractivity (Wildman–Crippen MR) is 59.9 cm³/mol. The number of rotatable bonds is 5. The van der Waals surface area contributed by atoms with Gasteiger partial charge in [-0.2, -0.15) is 0 Å². The minimum Gasteiger partial charge on any atom is -0.382 e. The van der Waals surface area contributed by atoms with Gasteiger partial charge in [0.15, 0.2) is 0 Å². The lowest BCUT2D eigenvalue weighted by Crippen LogP contribution is -2.01. The molecule has 0 N–H and O–H groups in total. The Hall–Kier alpha value is -0.0800. The quantitative estimate of drug-likeness (QED) is 0.605. The third-order valence-corrected chi connectivity index (χ3v) is 0.780. The average Bonchev–Trinajstić information content (AvgIpc) is 1.81. The smallest absolute Gasteiger partial charge is 0.0700 e.